The van der Waals surface area contributed by atoms with Gasteiger partial charge in [0, 0.05) is 56.0 Å². The molecule has 2 heterocycles. The molecule has 9 heteroatoms. The third kappa shape index (κ3) is 6.37. The lowest BCUT2D eigenvalue weighted by Crippen LogP contribution is -2.53. The molecular weight excluding hydrogens is 462 g/mol. The topological polar surface area (TPSA) is 94.6 Å². The number of aryl methyl sites for hydroxylation is 1. The van der Waals surface area contributed by atoms with E-state index in [4.69, 9.17) is 0 Å². The van der Waals surface area contributed by atoms with E-state index in [1.54, 1.807) is 30.6 Å². The van der Waals surface area contributed by atoms with Gasteiger partial charge in [0.25, 0.3) is 0 Å². The zero-order chi connectivity index (χ0) is 24.1. The Morgan fingerprint density at radius 2 is 1.86 bits per heavy atom. The van der Waals surface area contributed by atoms with Gasteiger partial charge in [0.1, 0.15) is 0 Å². The summed E-state index contributed by atoms with van der Waals surface area (Å²) >= 11 is 0. The lowest BCUT2D eigenvalue weighted by molar-refractivity contribution is 0.251. The molecule has 0 bridgehead atoms. The minimum Gasteiger partial charge on any atom is -0.366 e. The summed E-state index contributed by atoms with van der Waals surface area (Å²) in [6, 6.07) is 17.9. The second-order valence-electron chi connectivity index (χ2n) is 8.44. The maximum atomic E-state index is 13.2. The van der Waals surface area contributed by atoms with Crippen LogP contribution in [0.2, 0.25) is 0 Å². The molecule has 1 aliphatic heterocycles. The van der Waals surface area contributed by atoms with Crippen molar-refractivity contribution in [2.45, 2.75) is 38.8 Å². The minimum atomic E-state index is -3.63. The summed E-state index contributed by atoms with van der Waals surface area (Å²) in [4.78, 5) is 18.6. The standard InChI is InChI=1S/C25H29N5O3S.CH4/c1-19-5-3-7-23(15-19)30-14-13-29(18-20(30)2)34(32,33)24-10-8-22(9-11-24)28-25(31)27-17-21-6-4-12-26-16-21;/h3-12,15-16,20H,13-14,17-18H2,1-2H3,(H2,27,28,31);1H4/t20-;/m0./s1. The van der Waals surface area contributed by atoms with Crippen molar-refractivity contribution in [1.29, 1.82) is 0 Å². The Bertz CT molecular complexity index is 1230. The fourth-order valence-corrected chi connectivity index (χ4v) is 5.56. The van der Waals surface area contributed by atoms with Crippen LogP contribution in [-0.4, -0.2) is 49.4 Å². The molecule has 1 atom stereocenters. The summed E-state index contributed by atoms with van der Waals surface area (Å²) in [5.74, 6) is 0. The number of carbonyl (C=O) groups excluding carboxylic acids is 1. The Morgan fingerprint density at radius 3 is 2.51 bits per heavy atom. The summed E-state index contributed by atoms with van der Waals surface area (Å²) < 4.78 is 28.0. The zero-order valence-electron chi connectivity index (χ0n) is 19.3. The molecule has 35 heavy (non-hydrogen) atoms. The number of nitrogens with zero attached hydrogens (tertiary/aromatic N) is 3. The Morgan fingerprint density at radius 1 is 1.09 bits per heavy atom. The molecule has 0 saturated carbocycles. The van der Waals surface area contributed by atoms with Crippen molar-refractivity contribution in [1.82, 2.24) is 14.6 Å². The van der Waals surface area contributed by atoms with E-state index in [0.29, 0.717) is 31.9 Å². The Hall–Kier alpha value is -3.43. The average molecular weight is 496 g/mol. The van der Waals surface area contributed by atoms with Gasteiger partial charge in [0.05, 0.1) is 4.90 Å². The molecule has 0 unspecified atom stereocenters. The highest BCUT2D eigenvalue weighted by Crippen LogP contribution is 2.25. The van der Waals surface area contributed by atoms with Crippen molar-refractivity contribution < 1.29 is 13.2 Å². The number of amides is 2. The maximum absolute atomic E-state index is 13.2. The summed E-state index contributed by atoms with van der Waals surface area (Å²) in [5, 5.41) is 5.47. The van der Waals surface area contributed by atoms with Crippen molar-refractivity contribution in [3.63, 3.8) is 0 Å². The summed E-state index contributed by atoms with van der Waals surface area (Å²) in [5.41, 5.74) is 3.69. The molecule has 0 radical (unpaired) electrons. The van der Waals surface area contributed by atoms with E-state index < -0.39 is 10.0 Å². The third-order valence-electron chi connectivity index (χ3n) is 5.85. The number of carbonyl (C=O) groups is 1. The van der Waals surface area contributed by atoms with Crippen molar-refractivity contribution in [3.05, 3.63) is 84.2 Å². The SMILES string of the molecule is C.Cc1cccc(N2CCN(S(=O)(=O)c3ccc(NC(=O)NCc4cccnc4)cc3)C[C@@H]2C)c1. The number of pyridine rings is 1. The molecule has 2 amide bonds. The van der Waals surface area contributed by atoms with Gasteiger partial charge in [0.15, 0.2) is 0 Å². The molecule has 3 aromatic rings. The molecule has 4 rings (SSSR count). The highest BCUT2D eigenvalue weighted by Gasteiger charge is 2.32. The van der Waals surface area contributed by atoms with Gasteiger partial charge in [-0.25, -0.2) is 13.2 Å². The van der Waals surface area contributed by atoms with Gasteiger partial charge in [0.2, 0.25) is 10.0 Å². The van der Waals surface area contributed by atoms with E-state index in [1.807, 2.05) is 19.1 Å². The highest BCUT2D eigenvalue weighted by molar-refractivity contribution is 7.89. The number of anilines is 2. The fourth-order valence-electron chi connectivity index (χ4n) is 4.05. The molecule has 2 aromatic carbocycles. The van der Waals surface area contributed by atoms with E-state index in [-0.39, 0.29) is 24.4 Å². The largest absolute Gasteiger partial charge is 0.366 e. The molecule has 1 aliphatic rings. The number of hydrogen-bond acceptors (Lipinski definition) is 5. The van der Waals surface area contributed by atoms with E-state index in [2.05, 4.69) is 45.6 Å². The smallest absolute Gasteiger partial charge is 0.319 e. The Balaban J connectivity index is 0.00000342. The molecule has 0 aliphatic carbocycles. The van der Waals surface area contributed by atoms with Gasteiger partial charge < -0.3 is 15.5 Å². The van der Waals surface area contributed by atoms with Crippen LogP contribution in [0.3, 0.4) is 0 Å². The lowest BCUT2D eigenvalue weighted by atomic mass is 10.1. The second-order valence-corrected chi connectivity index (χ2v) is 10.4. The van der Waals surface area contributed by atoms with Gasteiger partial charge in [-0.15, -0.1) is 0 Å². The normalized spacial score (nSPS) is 16.3. The highest BCUT2D eigenvalue weighted by atomic mass is 32.2. The lowest BCUT2D eigenvalue weighted by Gasteiger charge is -2.40. The number of nitrogens with one attached hydrogen (secondary N) is 2. The van der Waals surface area contributed by atoms with Crippen LogP contribution in [-0.2, 0) is 16.6 Å². The predicted octanol–water partition coefficient (Wildman–Crippen LogP) is 4.25. The van der Waals surface area contributed by atoms with E-state index in [1.165, 1.54) is 22.0 Å². The molecule has 8 nitrogen and oxygen atoms in total. The van der Waals surface area contributed by atoms with Gasteiger partial charge in [-0.2, -0.15) is 4.31 Å². The van der Waals surface area contributed by atoms with Crippen LogP contribution >= 0.6 is 0 Å². The first kappa shape index (κ1) is 26.2. The average Bonchev–Trinajstić information content (AvgIpc) is 2.83. The van der Waals surface area contributed by atoms with Gasteiger partial charge in [-0.05, 0) is 67.4 Å². The molecular formula is C26H33N5O3S. The Labute approximate surface area is 208 Å². The zero-order valence-corrected chi connectivity index (χ0v) is 20.1. The van der Waals surface area contributed by atoms with Gasteiger partial charge in [-0.3, -0.25) is 4.98 Å². The van der Waals surface area contributed by atoms with Crippen molar-refractivity contribution in [2.75, 3.05) is 29.9 Å². The monoisotopic (exact) mass is 495 g/mol. The molecule has 1 saturated heterocycles. The number of benzene rings is 2. The first-order valence-corrected chi connectivity index (χ1v) is 12.6. The third-order valence-corrected chi connectivity index (χ3v) is 7.73. The summed E-state index contributed by atoms with van der Waals surface area (Å²) in [6.07, 6.45) is 3.35. The molecule has 1 fully saturated rings. The molecule has 2 N–H and O–H groups in total. The van der Waals surface area contributed by atoms with Gasteiger partial charge >= 0.3 is 6.03 Å². The van der Waals surface area contributed by atoms with Crippen molar-refractivity contribution in [3.8, 4) is 0 Å². The number of rotatable bonds is 6. The number of aromatic nitrogens is 1. The molecule has 0 spiro atoms. The second kappa shape index (κ2) is 11.3. The van der Waals surface area contributed by atoms with Crippen LogP contribution in [0.25, 0.3) is 0 Å². The van der Waals surface area contributed by atoms with Crippen LogP contribution in [0, 0.1) is 6.92 Å². The van der Waals surface area contributed by atoms with Crippen LogP contribution in [0.1, 0.15) is 25.5 Å². The maximum Gasteiger partial charge on any atom is 0.319 e. The van der Waals surface area contributed by atoms with Crippen LogP contribution in [0.5, 0.6) is 0 Å². The molecule has 1 aromatic heterocycles. The number of piperazine rings is 1. The Kier molecular flexibility index (Phi) is 8.48. The van der Waals surface area contributed by atoms with Gasteiger partial charge in [-0.1, -0.05) is 25.6 Å². The van der Waals surface area contributed by atoms with E-state index >= 15 is 0 Å². The van der Waals surface area contributed by atoms with Crippen molar-refractivity contribution >= 4 is 27.4 Å². The first-order valence-electron chi connectivity index (χ1n) is 11.2. The number of hydrogen-bond donors (Lipinski definition) is 2. The summed E-state index contributed by atoms with van der Waals surface area (Å²) in [7, 11) is -3.63. The summed E-state index contributed by atoms with van der Waals surface area (Å²) in [6.45, 7) is 5.89. The van der Waals surface area contributed by atoms with Crippen molar-refractivity contribution in [2.24, 2.45) is 0 Å². The fraction of sp³-hybridized carbons (Fsp3) is 0.308. The van der Waals surface area contributed by atoms with Crippen LogP contribution in [0.4, 0.5) is 16.2 Å². The van der Waals surface area contributed by atoms with Crippen LogP contribution in [0.15, 0.2) is 78.0 Å². The quantitative estimate of drug-likeness (QED) is 0.533. The first-order chi connectivity index (χ1) is 16.3. The van der Waals surface area contributed by atoms with Crippen LogP contribution < -0.4 is 15.5 Å². The predicted molar refractivity (Wildman–Crippen MR) is 140 cm³/mol. The van der Waals surface area contributed by atoms with E-state index in [0.717, 1.165) is 11.3 Å². The number of urea groups is 1. The minimum absolute atomic E-state index is 0. The molecule has 186 valence electrons. The number of sulfonamides is 1. The van der Waals surface area contributed by atoms with E-state index in [9.17, 15) is 13.2 Å².